The number of aryl methyl sites for hydroxylation is 2. The van der Waals surface area contributed by atoms with Crippen LogP contribution in [0.5, 0.6) is 0 Å². The minimum Gasteiger partial charge on any atom is -0.0616 e. The Morgan fingerprint density at radius 3 is 0.929 bits per heavy atom. The highest BCUT2D eigenvalue weighted by Crippen LogP contribution is 2.56. The predicted molar refractivity (Wildman–Crippen MR) is 185 cm³/mol. The molecule has 0 aromatic heterocycles. The van der Waals surface area contributed by atoms with Crippen LogP contribution >= 0.6 is 0 Å². The van der Waals surface area contributed by atoms with E-state index in [0.29, 0.717) is 0 Å². The average molecular weight is 529 g/mol. The first-order valence-corrected chi connectivity index (χ1v) is 15.0. The number of hydrogen-bond donors (Lipinski definition) is 0. The van der Waals surface area contributed by atoms with E-state index >= 15 is 0 Å². The molecule has 0 aliphatic carbocycles. The Hall–Kier alpha value is -5.20. The van der Waals surface area contributed by atoms with Crippen molar-refractivity contribution in [1.29, 1.82) is 0 Å². The smallest absolute Gasteiger partial charge is 0.0000929 e. The van der Waals surface area contributed by atoms with Gasteiger partial charge in [-0.1, -0.05) is 120 Å². The Kier molecular flexibility index (Phi) is 3.58. The summed E-state index contributed by atoms with van der Waals surface area (Å²) in [5, 5.41) is 27.7. The molecule has 11 aromatic rings. The van der Waals surface area contributed by atoms with Gasteiger partial charge in [0.1, 0.15) is 0 Å². The van der Waals surface area contributed by atoms with E-state index in [4.69, 9.17) is 0 Å². The molecule has 0 amide bonds. The van der Waals surface area contributed by atoms with Crippen molar-refractivity contribution in [3.8, 4) is 0 Å². The molecule has 0 aliphatic rings. The van der Waals surface area contributed by atoms with E-state index in [1.165, 1.54) is 119 Å². The van der Waals surface area contributed by atoms with Gasteiger partial charge in [-0.15, -0.1) is 0 Å². The van der Waals surface area contributed by atoms with Crippen LogP contribution in [0.15, 0.2) is 109 Å². The maximum Gasteiger partial charge on any atom is -0.0000929 e. The van der Waals surface area contributed by atoms with Crippen molar-refractivity contribution in [3.63, 3.8) is 0 Å². The van der Waals surface area contributed by atoms with Gasteiger partial charge < -0.3 is 0 Å². The van der Waals surface area contributed by atoms with Crippen LogP contribution in [0.4, 0.5) is 0 Å². The molecule has 0 unspecified atom stereocenters. The summed E-state index contributed by atoms with van der Waals surface area (Å²) in [5.41, 5.74) is 2.61. The summed E-state index contributed by atoms with van der Waals surface area (Å²) in [7, 11) is 0. The van der Waals surface area contributed by atoms with Gasteiger partial charge in [0.05, 0.1) is 0 Å². The van der Waals surface area contributed by atoms with Crippen molar-refractivity contribution in [3.05, 3.63) is 120 Å². The molecule has 0 saturated heterocycles. The summed E-state index contributed by atoms with van der Waals surface area (Å²) in [6, 6.07) is 41.9. The highest BCUT2D eigenvalue weighted by atomic mass is 14.3. The van der Waals surface area contributed by atoms with E-state index in [1.54, 1.807) is 0 Å². The molecule has 0 radical (unpaired) electrons. The molecule has 0 bridgehead atoms. The van der Waals surface area contributed by atoms with Gasteiger partial charge in [-0.3, -0.25) is 0 Å². The van der Waals surface area contributed by atoms with Crippen LogP contribution in [0, 0.1) is 13.8 Å². The summed E-state index contributed by atoms with van der Waals surface area (Å²) >= 11 is 0. The minimum absolute atomic E-state index is 1.30. The molecular weight excluding hydrogens is 504 g/mol. The van der Waals surface area contributed by atoms with Gasteiger partial charge in [0.15, 0.2) is 0 Å². The van der Waals surface area contributed by atoms with Crippen LogP contribution in [-0.4, -0.2) is 0 Å². The van der Waals surface area contributed by atoms with E-state index in [2.05, 4.69) is 123 Å². The third-order valence-electron chi connectivity index (χ3n) is 10.4. The highest BCUT2D eigenvalue weighted by molar-refractivity contribution is 6.55. The van der Waals surface area contributed by atoms with Crippen molar-refractivity contribution in [1.82, 2.24) is 0 Å². The first kappa shape index (κ1) is 21.5. The molecule has 0 spiro atoms. The van der Waals surface area contributed by atoms with Gasteiger partial charge in [0, 0.05) is 0 Å². The second-order valence-electron chi connectivity index (χ2n) is 12.5. The molecule has 11 aromatic carbocycles. The topological polar surface area (TPSA) is 0 Å². The SMILES string of the molecule is Cc1ccc2c(c1)c1ccc3c4ccccc4c4c5ccccc5c5ccc6c7cc(C)ccc7c2c2c1c3c4c5c62. The van der Waals surface area contributed by atoms with Gasteiger partial charge in [-0.2, -0.15) is 0 Å². The van der Waals surface area contributed by atoms with E-state index in [-0.39, 0.29) is 0 Å². The standard InChI is InChI=1S/C42H24/c1-21-11-13-29-33(19-21)31-17-15-27-23-7-3-5-9-25(23)35-26-10-6-4-8-24(26)28-16-18-32-34-20-22(2)12-14-30(34)36(29)42-39(31)37(27)41(35)38(28)40(32)42/h3-20H,1-2H3. The van der Waals surface area contributed by atoms with E-state index in [0.717, 1.165) is 0 Å². The molecule has 0 saturated carbocycles. The third-order valence-corrected chi connectivity index (χ3v) is 10.4. The molecule has 0 heterocycles. The Balaban J connectivity index is 1.67. The van der Waals surface area contributed by atoms with Crippen LogP contribution in [0.3, 0.4) is 0 Å². The van der Waals surface area contributed by atoms with Crippen LogP contribution in [-0.2, 0) is 0 Å². The fourth-order valence-corrected chi connectivity index (χ4v) is 8.79. The largest absolute Gasteiger partial charge is 0.0616 e. The lowest BCUT2D eigenvalue weighted by Crippen LogP contribution is -1.97. The van der Waals surface area contributed by atoms with Gasteiger partial charge in [-0.05, 0) is 122 Å². The zero-order valence-corrected chi connectivity index (χ0v) is 23.4. The van der Waals surface area contributed by atoms with Gasteiger partial charge in [0.25, 0.3) is 0 Å². The first-order valence-electron chi connectivity index (χ1n) is 15.0. The van der Waals surface area contributed by atoms with Crippen molar-refractivity contribution >= 4 is 108 Å². The Morgan fingerprint density at radius 2 is 0.524 bits per heavy atom. The predicted octanol–water partition coefficient (Wildman–Crippen LogP) is 12.1. The van der Waals surface area contributed by atoms with Crippen molar-refractivity contribution in [2.45, 2.75) is 13.8 Å². The molecule has 192 valence electrons. The molecule has 0 N–H and O–H groups in total. The van der Waals surface area contributed by atoms with Crippen LogP contribution in [0.25, 0.3) is 108 Å². The molecular formula is C42H24. The third kappa shape index (κ3) is 2.25. The van der Waals surface area contributed by atoms with Crippen molar-refractivity contribution in [2.75, 3.05) is 0 Å². The normalized spacial score (nSPS) is 13.0. The molecule has 0 nitrogen and oxygen atoms in total. The quantitative estimate of drug-likeness (QED) is 0.136. The molecule has 11 rings (SSSR count). The fraction of sp³-hybridized carbons (Fsp3) is 0.0476. The molecule has 0 atom stereocenters. The maximum atomic E-state index is 2.41. The summed E-state index contributed by atoms with van der Waals surface area (Å²) in [6.07, 6.45) is 0. The summed E-state index contributed by atoms with van der Waals surface area (Å²) in [6.45, 7) is 4.45. The summed E-state index contributed by atoms with van der Waals surface area (Å²) < 4.78 is 0. The zero-order valence-electron chi connectivity index (χ0n) is 23.4. The van der Waals surface area contributed by atoms with Crippen LogP contribution in [0.2, 0.25) is 0 Å². The molecule has 0 fully saturated rings. The second kappa shape index (κ2) is 6.98. The van der Waals surface area contributed by atoms with Gasteiger partial charge in [0.2, 0.25) is 0 Å². The minimum atomic E-state index is 1.30. The van der Waals surface area contributed by atoms with Crippen LogP contribution in [0.1, 0.15) is 11.1 Å². The fourth-order valence-electron chi connectivity index (χ4n) is 8.79. The number of hydrogen-bond acceptors (Lipinski definition) is 0. The molecule has 42 heavy (non-hydrogen) atoms. The highest BCUT2D eigenvalue weighted by Gasteiger charge is 2.27. The number of rotatable bonds is 0. The van der Waals surface area contributed by atoms with E-state index < -0.39 is 0 Å². The second-order valence-corrected chi connectivity index (χ2v) is 12.5. The number of fused-ring (bicyclic) bond motifs is 12. The average Bonchev–Trinajstić information content (AvgIpc) is 3.03. The van der Waals surface area contributed by atoms with Gasteiger partial charge >= 0.3 is 0 Å². The molecule has 0 heteroatoms. The maximum absolute atomic E-state index is 2.41. The lowest BCUT2D eigenvalue weighted by Gasteiger charge is -2.26. The number of benzene rings is 11. The lowest BCUT2D eigenvalue weighted by molar-refractivity contribution is 1.51. The van der Waals surface area contributed by atoms with E-state index in [9.17, 15) is 0 Å². The Bertz CT molecular complexity index is 2760. The van der Waals surface area contributed by atoms with E-state index in [1.807, 2.05) is 0 Å². The van der Waals surface area contributed by atoms with Crippen molar-refractivity contribution in [2.24, 2.45) is 0 Å². The lowest BCUT2D eigenvalue weighted by atomic mass is 9.76. The Morgan fingerprint density at radius 1 is 0.238 bits per heavy atom. The zero-order chi connectivity index (χ0) is 27.4. The molecule has 0 aliphatic heterocycles. The van der Waals surface area contributed by atoms with Gasteiger partial charge in [-0.25, -0.2) is 0 Å². The monoisotopic (exact) mass is 528 g/mol. The first-order chi connectivity index (χ1) is 20.7. The summed E-state index contributed by atoms with van der Waals surface area (Å²) in [5.74, 6) is 0. The summed E-state index contributed by atoms with van der Waals surface area (Å²) in [4.78, 5) is 0. The van der Waals surface area contributed by atoms with Crippen molar-refractivity contribution < 1.29 is 0 Å². The van der Waals surface area contributed by atoms with Crippen LogP contribution < -0.4 is 0 Å². The Labute approximate surface area is 241 Å².